The fourth-order valence-electron chi connectivity index (χ4n) is 6.55. The molecule has 4 aromatic rings. The minimum atomic E-state index is -1.36. The van der Waals surface area contributed by atoms with Crippen molar-refractivity contribution < 1.29 is 28.9 Å². The number of carbonyl (C=O) groups excluding carboxylic acids is 1. The lowest BCUT2D eigenvalue weighted by Crippen LogP contribution is -2.51. The number of rotatable bonds is 9. The molecule has 7 rings (SSSR count). The number of aromatic nitrogens is 3. The number of carboxylic acids is 1. The van der Waals surface area contributed by atoms with Gasteiger partial charge in [0.2, 0.25) is 5.43 Å². The van der Waals surface area contributed by atoms with Crippen molar-refractivity contribution in [1.29, 1.82) is 0 Å². The molecule has 0 bridgehead atoms. The predicted octanol–water partition coefficient (Wildman–Crippen LogP) is 2.11. The smallest absolute Gasteiger partial charge is 0.349 e. The summed E-state index contributed by atoms with van der Waals surface area (Å²) >= 11 is 1.49. The number of carboxylic acid groups (broad SMARTS) is 1. The Morgan fingerprint density at radius 1 is 1.08 bits per heavy atom. The zero-order chi connectivity index (χ0) is 35.1. The largest absolute Gasteiger partial charge is 0.477 e. The average molecular weight is 704 g/mol. The van der Waals surface area contributed by atoms with Gasteiger partial charge in [-0.25, -0.2) is 19.0 Å². The third kappa shape index (κ3) is 6.30. The van der Waals surface area contributed by atoms with Gasteiger partial charge in [-0.05, 0) is 31.2 Å². The second-order valence-electron chi connectivity index (χ2n) is 12.2. The zero-order valence-electron chi connectivity index (χ0n) is 27.1. The molecule has 2 N–H and O–H groups in total. The van der Waals surface area contributed by atoms with Crippen LogP contribution in [0.25, 0.3) is 10.9 Å². The molecule has 2 fully saturated rings. The van der Waals surface area contributed by atoms with E-state index in [1.54, 1.807) is 33.9 Å². The zero-order valence-corrected chi connectivity index (χ0v) is 27.9. The number of hydrogen-bond donors (Lipinski definition) is 2. The Bertz CT molecular complexity index is 2150. The van der Waals surface area contributed by atoms with Gasteiger partial charge in [0, 0.05) is 61.8 Å². The van der Waals surface area contributed by atoms with Crippen molar-refractivity contribution in [2.24, 2.45) is 4.99 Å². The summed E-state index contributed by atoms with van der Waals surface area (Å²) in [7, 11) is 0. The molecule has 1 amide bonds. The Labute approximate surface area is 289 Å². The van der Waals surface area contributed by atoms with Gasteiger partial charge >= 0.3 is 11.7 Å². The van der Waals surface area contributed by atoms with Crippen molar-refractivity contribution in [3.05, 3.63) is 92.5 Å². The van der Waals surface area contributed by atoms with Crippen molar-refractivity contribution in [1.82, 2.24) is 19.0 Å². The number of carbonyl (C=O) groups is 2. The molecular weight excluding hydrogens is 669 g/mol. The predicted molar refractivity (Wildman–Crippen MR) is 186 cm³/mol. The van der Waals surface area contributed by atoms with Crippen LogP contribution in [0.5, 0.6) is 0 Å². The number of halogens is 1. The number of piperazine rings is 1. The van der Waals surface area contributed by atoms with Gasteiger partial charge in [-0.2, -0.15) is 4.98 Å². The first-order chi connectivity index (χ1) is 24.1. The lowest BCUT2D eigenvalue weighted by Gasteiger charge is -2.38. The molecule has 0 aliphatic carbocycles. The maximum atomic E-state index is 15.4. The quantitative estimate of drug-likeness (QED) is 0.263. The lowest BCUT2D eigenvalue weighted by atomic mass is 10.1. The van der Waals surface area contributed by atoms with Crippen LogP contribution in [-0.4, -0.2) is 104 Å². The monoisotopic (exact) mass is 703 g/mol. The highest BCUT2D eigenvalue weighted by molar-refractivity contribution is 8.00. The van der Waals surface area contributed by atoms with Crippen molar-refractivity contribution in [2.75, 3.05) is 55.0 Å². The maximum absolute atomic E-state index is 15.4. The van der Waals surface area contributed by atoms with Crippen LogP contribution in [0.4, 0.5) is 21.6 Å². The molecule has 3 aliphatic heterocycles. The SMILES string of the molecule is CCn1cc(C(=O)O)c(=O)c2cc(F)c(N3CCN(CN4C(=O)C(=Nc5ccn(CC6CSC(CO)O6)c(=O)n5)c5ccccc54)CC3)cc21. The van der Waals surface area contributed by atoms with E-state index in [4.69, 9.17) is 4.74 Å². The summed E-state index contributed by atoms with van der Waals surface area (Å²) in [4.78, 5) is 65.2. The molecule has 5 heterocycles. The van der Waals surface area contributed by atoms with Crippen LogP contribution in [0.2, 0.25) is 0 Å². The summed E-state index contributed by atoms with van der Waals surface area (Å²) in [5, 5.41) is 18.8. The van der Waals surface area contributed by atoms with Crippen molar-refractivity contribution >= 4 is 57.4 Å². The number of aromatic carboxylic acids is 1. The van der Waals surface area contributed by atoms with Crippen LogP contribution < -0.4 is 20.9 Å². The topological polar surface area (TPSA) is 163 Å². The molecule has 14 nitrogen and oxygen atoms in total. The summed E-state index contributed by atoms with van der Waals surface area (Å²) in [6.07, 6.45) is 2.64. The Kier molecular flexibility index (Phi) is 9.26. The van der Waals surface area contributed by atoms with Gasteiger partial charge in [-0.3, -0.25) is 24.0 Å². The summed E-state index contributed by atoms with van der Waals surface area (Å²) in [6, 6.07) is 11.6. The van der Waals surface area contributed by atoms with E-state index in [9.17, 15) is 29.4 Å². The van der Waals surface area contributed by atoms with Crippen molar-refractivity contribution in [2.45, 2.75) is 31.6 Å². The van der Waals surface area contributed by atoms with E-state index in [1.165, 1.54) is 22.5 Å². The van der Waals surface area contributed by atoms with E-state index >= 15 is 4.39 Å². The van der Waals surface area contributed by atoms with Crippen LogP contribution in [0, 0.1) is 5.82 Å². The number of hydrogen-bond acceptors (Lipinski definition) is 11. The third-order valence-corrected chi connectivity index (χ3v) is 10.3. The van der Waals surface area contributed by atoms with Crippen LogP contribution in [0.3, 0.4) is 0 Å². The van der Waals surface area contributed by atoms with Crippen molar-refractivity contribution in [3.8, 4) is 0 Å². The molecule has 2 aromatic carbocycles. The van der Waals surface area contributed by atoms with E-state index < -0.39 is 28.5 Å². The highest BCUT2D eigenvalue weighted by Gasteiger charge is 2.36. The van der Waals surface area contributed by atoms with Crippen LogP contribution >= 0.6 is 11.8 Å². The number of ether oxygens (including phenoxy) is 1. The summed E-state index contributed by atoms with van der Waals surface area (Å²) in [5.74, 6) is -1.54. The summed E-state index contributed by atoms with van der Waals surface area (Å²) in [6.45, 7) is 4.58. The van der Waals surface area contributed by atoms with Crippen LogP contribution in [-0.2, 0) is 22.6 Å². The number of aliphatic hydroxyl groups is 1. The van der Waals surface area contributed by atoms with Gasteiger partial charge < -0.3 is 24.4 Å². The molecular formula is C34H34FN7O7S. The van der Waals surface area contributed by atoms with Gasteiger partial charge in [-0.1, -0.05) is 18.2 Å². The highest BCUT2D eigenvalue weighted by Crippen LogP contribution is 2.32. The fraction of sp³-hybridized carbons (Fsp3) is 0.353. The first-order valence-corrected chi connectivity index (χ1v) is 17.2. The molecule has 2 saturated heterocycles. The molecule has 260 valence electrons. The number of anilines is 2. The molecule has 2 unspecified atom stereocenters. The standard InChI is InChI=1S/C34H34FN7O7S/c1-2-39-16-23(33(46)47)31(44)22-13-24(35)27(14-26(22)39)40-11-9-38(10-12-40)19-42-25-6-4-3-5-21(25)30(32(42)45)36-28-7-8-41(34(48)37-28)15-20-18-50-29(17-43)49-20/h3-8,13-14,16,20,29,43H,2,9-12,15,17-19H2,1H3,(H,46,47). The Morgan fingerprint density at radius 3 is 2.56 bits per heavy atom. The number of nitrogens with zero attached hydrogens (tertiary/aromatic N) is 7. The highest BCUT2D eigenvalue weighted by atomic mass is 32.2. The lowest BCUT2D eigenvalue weighted by molar-refractivity contribution is -0.112. The van der Waals surface area contributed by atoms with E-state index in [0.29, 0.717) is 60.9 Å². The minimum absolute atomic E-state index is 0.0153. The second-order valence-corrected chi connectivity index (χ2v) is 13.4. The molecule has 50 heavy (non-hydrogen) atoms. The van der Waals surface area contributed by atoms with E-state index in [-0.39, 0.29) is 54.2 Å². The van der Waals surface area contributed by atoms with E-state index in [0.717, 1.165) is 6.07 Å². The number of thioether (sulfide) groups is 1. The molecule has 2 aromatic heterocycles. The average Bonchev–Trinajstić information content (AvgIpc) is 3.68. The van der Waals surface area contributed by atoms with Gasteiger partial charge in [0.1, 0.15) is 22.5 Å². The normalized spacial score (nSPS) is 20.3. The minimum Gasteiger partial charge on any atom is -0.477 e. The van der Waals surface area contributed by atoms with Crippen molar-refractivity contribution in [3.63, 3.8) is 0 Å². The van der Waals surface area contributed by atoms with Gasteiger partial charge in [0.15, 0.2) is 5.82 Å². The second kappa shape index (κ2) is 13.8. The molecule has 0 spiro atoms. The van der Waals surface area contributed by atoms with Gasteiger partial charge in [0.05, 0.1) is 42.8 Å². The molecule has 16 heteroatoms. The summed E-state index contributed by atoms with van der Waals surface area (Å²) < 4.78 is 24.2. The third-order valence-electron chi connectivity index (χ3n) is 9.12. The Morgan fingerprint density at radius 2 is 1.86 bits per heavy atom. The number of para-hydroxylation sites is 1. The fourth-order valence-corrected chi connectivity index (χ4v) is 7.50. The van der Waals surface area contributed by atoms with Gasteiger partial charge in [0.25, 0.3) is 5.91 Å². The summed E-state index contributed by atoms with van der Waals surface area (Å²) in [5.41, 5.74) is 0.301. The van der Waals surface area contributed by atoms with E-state index in [2.05, 4.69) is 14.9 Å². The molecule has 2 atom stereocenters. The number of benzene rings is 2. The van der Waals surface area contributed by atoms with Crippen LogP contribution in [0.1, 0.15) is 22.8 Å². The Hall–Kier alpha value is -4.90. The van der Waals surface area contributed by atoms with E-state index in [1.807, 2.05) is 30.0 Å². The molecule has 0 saturated carbocycles. The first kappa shape index (κ1) is 33.6. The molecule has 3 aliphatic rings. The number of aliphatic imine (C=N–C) groups is 1. The van der Waals surface area contributed by atoms with Gasteiger partial charge in [-0.15, -0.1) is 11.8 Å². The number of fused-ring (bicyclic) bond motifs is 2. The molecule has 0 radical (unpaired) electrons. The van der Waals surface area contributed by atoms with Crippen LogP contribution in [0.15, 0.2) is 69.4 Å². The first-order valence-electron chi connectivity index (χ1n) is 16.2. The number of aryl methyl sites for hydroxylation is 1. The maximum Gasteiger partial charge on any atom is 0.349 e. The number of aliphatic hydroxyl groups excluding tert-OH is 1. The Balaban J connectivity index is 1.06. The number of pyridine rings is 1. The number of amides is 1.